The lowest BCUT2D eigenvalue weighted by atomic mass is 10.0. The van der Waals surface area contributed by atoms with Crippen LogP contribution in [0.3, 0.4) is 0 Å². The van der Waals surface area contributed by atoms with E-state index in [4.69, 9.17) is 4.98 Å². The van der Waals surface area contributed by atoms with Gasteiger partial charge in [0.15, 0.2) is 0 Å². The third-order valence-electron chi connectivity index (χ3n) is 4.06. The minimum Gasteiger partial charge on any atom is -0.315 e. The fourth-order valence-electron chi connectivity index (χ4n) is 2.97. The summed E-state index contributed by atoms with van der Waals surface area (Å²) in [5, 5.41) is 4.76. The van der Waals surface area contributed by atoms with Crippen molar-refractivity contribution < 1.29 is 0 Å². The van der Waals surface area contributed by atoms with Gasteiger partial charge >= 0.3 is 0 Å². The summed E-state index contributed by atoms with van der Waals surface area (Å²) in [5.74, 6) is 0. The Labute approximate surface area is 125 Å². The predicted molar refractivity (Wildman–Crippen MR) is 86.2 cm³/mol. The Bertz CT molecular complexity index is 518. The molecule has 0 spiro atoms. The van der Waals surface area contributed by atoms with Crippen molar-refractivity contribution in [2.75, 3.05) is 19.6 Å². The number of nitrogens with zero attached hydrogens (tertiary/aromatic N) is 2. The number of fused-ring (bicyclic) bond motifs is 1. The van der Waals surface area contributed by atoms with E-state index in [1.807, 2.05) is 11.3 Å². The Kier molecular flexibility index (Phi) is 4.65. The second-order valence-corrected chi connectivity index (χ2v) is 6.62. The van der Waals surface area contributed by atoms with Gasteiger partial charge in [-0.05, 0) is 38.1 Å². The number of para-hydroxylation sites is 1. The van der Waals surface area contributed by atoms with E-state index in [1.54, 1.807) is 0 Å². The lowest BCUT2D eigenvalue weighted by Gasteiger charge is -2.35. The topological polar surface area (TPSA) is 28.2 Å². The molecule has 0 aliphatic carbocycles. The van der Waals surface area contributed by atoms with Gasteiger partial charge in [-0.1, -0.05) is 25.5 Å². The van der Waals surface area contributed by atoms with Gasteiger partial charge in [0, 0.05) is 12.6 Å². The molecule has 2 aromatic rings. The fourth-order valence-corrected chi connectivity index (χ4v) is 3.96. The summed E-state index contributed by atoms with van der Waals surface area (Å²) >= 11 is 1.84. The average Bonchev–Trinajstić information content (AvgIpc) is 2.88. The minimum atomic E-state index is 0.677. The largest absolute Gasteiger partial charge is 0.315 e. The van der Waals surface area contributed by atoms with Gasteiger partial charge in [-0.15, -0.1) is 11.3 Å². The minimum absolute atomic E-state index is 0.677. The molecule has 0 bridgehead atoms. The van der Waals surface area contributed by atoms with Crippen LogP contribution in [0.5, 0.6) is 0 Å². The Morgan fingerprint density at radius 1 is 1.35 bits per heavy atom. The van der Waals surface area contributed by atoms with E-state index in [2.05, 4.69) is 41.4 Å². The van der Waals surface area contributed by atoms with E-state index in [1.165, 1.54) is 35.5 Å². The Morgan fingerprint density at radius 2 is 2.25 bits per heavy atom. The lowest BCUT2D eigenvalue weighted by Crippen LogP contribution is -2.44. The molecule has 3 nitrogen and oxygen atoms in total. The van der Waals surface area contributed by atoms with E-state index in [0.29, 0.717) is 6.04 Å². The molecule has 1 aromatic carbocycles. The molecule has 0 saturated carbocycles. The molecule has 1 N–H and O–H groups in total. The van der Waals surface area contributed by atoms with Gasteiger partial charge in [-0.2, -0.15) is 0 Å². The molecule has 108 valence electrons. The van der Waals surface area contributed by atoms with Crippen LogP contribution in [0.1, 0.15) is 31.2 Å². The van der Waals surface area contributed by atoms with Gasteiger partial charge in [0.2, 0.25) is 0 Å². The maximum atomic E-state index is 4.78. The maximum absolute atomic E-state index is 4.78. The van der Waals surface area contributed by atoms with Gasteiger partial charge in [-0.3, -0.25) is 4.90 Å². The van der Waals surface area contributed by atoms with Gasteiger partial charge in [0.05, 0.1) is 16.8 Å². The third-order valence-corrected chi connectivity index (χ3v) is 5.08. The molecule has 1 saturated heterocycles. The van der Waals surface area contributed by atoms with E-state index >= 15 is 0 Å². The number of hydrogen-bond donors (Lipinski definition) is 1. The number of benzene rings is 1. The molecule has 1 fully saturated rings. The first kappa shape index (κ1) is 14.0. The van der Waals surface area contributed by atoms with Crippen LogP contribution in [0.25, 0.3) is 10.2 Å². The van der Waals surface area contributed by atoms with Crippen LogP contribution >= 0.6 is 11.3 Å². The monoisotopic (exact) mass is 289 g/mol. The maximum Gasteiger partial charge on any atom is 0.108 e. The summed E-state index contributed by atoms with van der Waals surface area (Å²) < 4.78 is 1.31. The van der Waals surface area contributed by atoms with Crippen LogP contribution in [0, 0.1) is 0 Å². The number of rotatable bonds is 5. The molecule has 1 atom stereocenters. The molecule has 4 heteroatoms. The van der Waals surface area contributed by atoms with Gasteiger partial charge < -0.3 is 5.32 Å². The summed E-state index contributed by atoms with van der Waals surface area (Å²) in [7, 11) is 0. The summed E-state index contributed by atoms with van der Waals surface area (Å²) in [6.07, 6.45) is 4.01. The van der Waals surface area contributed by atoms with Gasteiger partial charge in [0.1, 0.15) is 5.01 Å². The smallest absolute Gasteiger partial charge is 0.108 e. The van der Waals surface area contributed by atoms with Gasteiger partial charge in [0.25, 0.3) is 0 Å². The molecule has 1 aliphatic rings. The number of thiazole rings is 1. The molecule has 0 amide bonds. The van der Waals surface area contributed by atoms with Crippen LogP contribution in [-0.2, 0) is 6.54 Å². The van der Waals surface area contributed by atoms with Crippen molar-refractivity contribution in [1.29, 1.82) is 0 Å². The van der Waals surface area contributed by atoms with Crippen LogP contribution in [0.4, 0.5) is 0 Å². The highest BCUT2D eigenvalue weighted by atomic mass is 32.1. The molecule has 3 rings (SSSR count). The zero-order valence-corrected chi connectivity index (χ0v) is 13.0. The molecule has 1 aromatic heterocycles. The second-order valence-electron chi connectivity index (χ2n) is 5.50. The highest BCUT2D eigenvalue weighted by Crippen LogP contribution is 2.25. The van der Waals surface area contributed by atoms with Crippen molar-refractivity contribution in [3.05, 3.63) is 29.3 Å². The van der Waals surface area contributed by atoms with E-state index in [0.717, 1.165) is 25.2 Å². The van der Waals surface area contributed by atoms with Crippen LogP contribution < -0.4 is 5.32 Å². The average molecular weight is 289 g/mol. The Morgan fingerprint density at radius 3 is 3.10 bits per heavy atom. The molecule has 2 heterocycles. The molecular weight excluding hydrogens is 266 g/mol. The van der Waals surface area contributed by atoms with Crippen molar-refractivity contribution >= 4 is 21.6 Å². The van der Waals surface area contributed by atoms with E-state index in [9.17, 15) is 0 Å². The molecule has 20 heavy (non-hydrogen) atoms. The van der Waals surface area contributed by atoms with Crippen LogP contribution in [0.2, 0.25) is 0 Å². The molecule has 1 unspecified atom stereocenters. The zero-order chi connectivity index (χ0) is 13.8. The number of hydrogen-bond acceptors (Lipinski definition) is 4. The number of likely N-dealkylation sites (tertiary alicyclic amines) is 1. The Balaban J connectivity index is 1.70. The SMILES string of the molecule is CCNCC1CCCCN1Cc1nc2ccccc2s1. The molecule has 1 aliphatic heterocycles. The summed E-state index contributed by atoms with van der Waals surface area (Å²) in [6, 6.07) is 9.13. The van der Waals surface area contributed by atoms with E-state index < -0.39 is 0 Å². The Hall–Kier alpha value is -0.970. The highest BCUT2D eigenvalue weighted by Gasteiger charge is 2.22. The van der Waals surface area contributed by atoms with Crippen LogP contribution in [0.15, 0.2) is 24.3 Å². The van der Waals surface area contributed by atoms with Crippen LogP contribution in [-0.4, -0.2) is 35.6 Å². The summed E-state index contributed by atoms with van der Waals surface area (Å²) in [5.41, 5.74) is 1.15. The number of piperidine rings is 1. The number of likely N-dealkylation sites (N-methyl/N-ethyl adjacent to an activating group) is 1. The van der Waals surface area contributed by atoms with Crippen molar-refractivity contribution in [2.45, 2.75) is 38.8 Å². The first-order valence-electron chi connectivity index (χ1n) is 7.66. The quantitative estimate of drug-likeness (QED) is 0.915. The zero-order valence-electron chi connectivity index (χ0n) is 12.1. The standard InChI is InChI=1S/C16H23N3S/c1-2-17-11-13-7-5-6-10-19(13)12-16-18-14-8-3-4-9-15(14)20-16/h3-4,8-9,13,17H,2,5-7,10-12H2,1H3. The fraction of sp³-hybridized carbons (Fsp3) is 0.562. The van der Waals surface area contributed by atoms with E-state index in [-0.39, 0.29) is 0 Å². The molecule has 0 radical (unpaired) electrons. The predicted octanol–water partition coefficient (Wildman–Crippen LogP) is 3.26. The number of aromatic nitrogens is 1. The van der Waals surface area contributed by atoms with Crippen molar-refractivity contribution in [2.24, 2.45) is 0 Å². The number of nitrogens with one attached hydrogen (secondary N) is 1. The molecular formula is C16H23N3S. The third kappa shape index (κ3) is 3.19. The first-order chi connectivity index (χ1) is 9.86. The summed E-state index contributed by atoms with van der Waals surface area (Å²) in [6.45, 7) is 6.58. The van der Waals surface area contributed by atoms with Crippen molar-refractivity contribution in [1.82, 2.24) is 15.2 Å². The van der Waals surface area contributed by atoms with Gasteiger partial charge in [-0.25, -0.2) is 4.98 Å². The lowest BCUT2D eigenvalue weighted by molar-refractivity contribution is 0.138. The first-order valence-corrected chi connectivity index (χ1v) is 8.47. The van der Waals surface area contributed by atoms with Crippen molar-refractivity contribution in [3.63, 3.8) is 0 Å². The second kappa shape index (κ2) is 6.66. The highest BCUT2D eigenvalue weighted by molar-refractivity contribution is 7.18. The summed E-state index contributed by atoms with van der Waals surface area (Å²) in [4.78, 5) is 7.39. The van der Waals surface area contributed by atoms with Crippen molar-refractivity contribution in [3.8, 4) is 0 Å². The normalized spacial score (nSPS) is 20.6.